The molecule has 2 aromatic rings. The number of aryl methyl sites for hydroxylation is 1. The molecule has 1 heterocycles. The maximum absolute atomic E-state index is 12.3. The summed E-state index contributed by atoms with van der Waals surface area (Å²) in [6, 6.07) is 7.28. The maximum atomic E-state index is 12.3. The summed E-state index contributed by atoms with van der Waals surface area (Å²) in [6.45, 7) is 0.185. The van der Waals surface area contributed by atoms with Crippen LogP contribution in [0.15, 0.2) is 30.3 Å². The number of nitrogens with one attached hydrogen (secondary N) is 1. The van der Waals surface area contributed by atoms with Gasteiger partial charge < -0.3 is 20.5 Å². The average Bonchev–Trinajstić information content (AvgIpc) is 3.03. The molecular formula is C20H22N2O4S. The van der Waals surface area contributed by atoms with Gasteiger partial charge in [0.2, 0.25) is 5.91 Å². The van der Waals surface area contributed by atoms with Crippen molar-refractivity contribution in [2.75, 3.05) is 19.2 Å². The lowest BCUT2D eigenvalue weighted by molar-refractivity contribution is -0.111. The van der Waals surface area contributed by atoms with E-state index < -0.39 is 5.91 Å². The van der Waals surface area contributed by atoms with Gasteiger partial charge in [-0.15, -0.1) is 11.3 Å². The zero-order chi connectivity index (χ0) is 19.2. The highest BCUT2D eigenvalue weighted by Crippen LogP contribution is 2.37. The van der Waals surface area contributed by atoms with Gasteiger partial charge in [0.1, 0.15) is 10.8 Å². The normalized spacial score (nSPS) is 13.4. The van der Waals surface area contributed by atoms with E-state index in [9.17, 15) is 9.59 Å². The van der Waals surface area contributed by atoms with Crippen molar-refractivity contribution in [1.82, 2.24) is 0 Å². The minimum atomic E-state index is -0.486. The zero-order valence-corrected chi connectivity index (χ0v) is 15.9. The third kappa shape index (κ3) is 4.75. The molecule has 142 valence electrons. The first-order valence-corrected chi connectivity index (χ1v) is 9.55. The van der Waals surface area contributed by atoms with Gasteiger partial charge in [0.15, 0.2) is 6.79 Å². The van der Waals surface area contributed by atoms with E-state index in [1.807, 2.05) is 12.1 Å². The maximum Gasteiger partial charge on any atom is 0.251 e. The third-order valence-electron chi connectivity index (χ3n) is 4.31. The molecule has 0 radical (unpaired) electrons. The highest BCUT2D eigenvalue weighted by Gasteiger charge is 2.24. The quantitative estimate of drug-likeness (QED) is 0.564. The number of thiophene rings is 1. The van der Waals surface area contributed by atoms with Crippen molar-refractivity contribution in [3.05, 3.63) is 51.9 Å². The van der Waals surface area contributed by atoms with Gasteiger partial charge in [-0.1, -0.05) is 12.1 Å². The molecule has 0 fully saturated rings. The number of nitrogens with two attached hydrogens (primary N) is 1. The molecule has 3 N–H and O–H groups in total. The molecular weight excluding hydrogens is 364 g/mol. The molecule has 0 atom stereocenters. The second-order valence-electron chi connectivity index (χ2n) is 6.22. The summed E-state index contributed by atoms with van der Waals surface area (Å²) in [4.78, 5) is 25.3. The average molecular weight is 386 g/mol. The lowest BCUT2D eigenvalue weighted by atomic mass is 9.95. The van der Waals surface area contributed by atoms with E-state index >= 15 is 0 Å². The second kappa shape index (κ2) is 8.83. The van der Waals surface area contributed by atoms with Gasteiger partial charge in [-0.05, 0) is 55.0 Å². The summed E-state index contributed by atoms with van der Waals surface area (Å²) in [5.41, 5.74) is 7.88. The molecule has 1 aliphatic rings. The van der Waals surface area contributed by atoms with Gasteiger partial charge in [-0.2, -0.15) is 0 Å². The Morgan fingerprint density at radius 3 is 2.67 bits per heavy atom. The highest BCUT2D eigenvalue weighted by atomic mass is 32.1. The van der Waals surface area contributed by atoms with Crippen LogP contribution < -0.4 is 15.8 Å². The van der Waals surface area contributed by atoms with Crippen LogP contribution in [0.4, 0.5) is 5.00 Å². The third-order valence-corrected chi connectivity index (χ3v) is 5.51. The Balaban J connectivity index is 1.68. The van der Waals surface area contributed by atoms with Gasteiger partial charge in [0.25, 0.3) is 5.91 Å². The fourth-order valence-corrected chi connectivity index (χ4v) is 4.34. The molecule has 1 aromatic heterocycles. The first kappa shape index (κ1) is 19.1. The summed E-state index contributed by atoms with van der Waals surface area (Å²) in [5, 5.41) is 3.36. The van der Waals surface area contributed by atoms with Crippen LogP contribution in [0.5, 0.6) is 5.75 Å². The number of hydrogen-bond acceptors (Lipinski definition) is 5. The van der Waals surface area contributed by atoms with Gasteiger partial charge in [0.05, 0.1) is 5.56 Å². The minimum Gasteiger partial charge on any atom is -0.468 e. The van der Waals surface area contributed by atoms with Crippen molar-refractivity contribution in [2.24, 2.45) is 5.73 Å². The first-order chi connectivity index (χ1) is 13.1. The van der Waals surface area contributed by atoms with Crippen LogP contribution in [0.3, 0.4) is 0 Å². The SMILES string of the molecule is COCOc1ccc(/C=C/C(=O)Nc2sc3c(c2C(N)=O)CCCC3)cc1. The van der Waals surface area contributed by atoms with Crippen LogP contribution in [0.1, 0.15) is 39.2 Å². The van der Waals surface area contributed by atoms with Crippen LogP contribution in [0.2, 0.25) is 0 Å². The largest absolute Gasteiger partial charge is 0.468 e. The van der Waals surface area contributed by atoms with E-state index in [0.29, 0.717) is 16.3 Å². The van der Waals surface area contributed by atoms with E-state index in [1.165, 1.54) is 17.4 Å². The summed E-state index contributed by atoms with van der Waals surface area (Å²) < 4.78 is 10.2. The molecule has 27 heavy (non-hydrogen) atoms. The Morgan fingerprint density at radius 2 is 1.96 bits per heavy atom. The summed E-state index contributed by atoms with van der Waals surface area (Å²) >= 11 is 1.45. The lowest BCUT2D eigenvalue weighted by Crippen LogP contribution is -2.17. The predicted octanol–water partition coefficient (Wildman–Crippen LogP) is 3.36. The number of carbonyl (C=O) groups excluding carboxylic acids is 2. The second-order valence-corrected chi connectivity index (χ2v) is 7.33. The number of methoxy groups -OCH3 is 1. The van der Waals surface area contributed by atoms with Crippen LogP contribution in [-0.2, 0) is 22.4 Å². The van der Waals surface area contributed by atoms with Crippen LogP contribution in [-0.4, -0.2) is 25.7 Å². The molecule has 6 nitrogen and oxygen atoms in total. The molecule has 0 saturated carbocycles. The summed E-state index contributed by atoms with van der Waals surface area (Å²) in [7, 11) is 1.56. The number of benzene rings is 1. The molecule has 2 amide bonds. The fourth-order valence-electron chi connectivity index (χ4n) is 3.04. The fraction of sp³-hybridized carbons (Fsp3) is 0.300. The molecule has 1 aliphatic carbocycles. The molecule has 1 aromatic carbocycles. The number of primary amides is 1. The standard InChI is InChI=1S/C20H22N2O4S/c1-25-12-26-14-9-6-13(7-10-14)8-11-17(23)22-20-18(19(21)24)15-4-2-3-5-16(15)27-20/h6-11H,2-5,12H2,1H3,(H2,21,24)(H,22,23)/b11-8+. The monoisotopic (exact) mass is 386 g/mol. The van der Waals surface area contributed by atoms with Crippen molar-refractivity contribution in [3.8, 4) is 5.75 Å². The first-order valence-electron chi connectivity index (χ1n) is 8.73. The Morgan fingerprint density at radius 1 is 1.22 bits per heavy atom. The Kier molecular flexibility index (Phi) is 6.26. The smallest absolute Gasteiger partial charge is 0.251 e. The Bertz CT molecular complexity index is 856. The molecule has 0 bridgehead atoms. The van der Waals surface area contributed by atoms with Gasteiger partial charge >= 0.3 is 0 Å². The van der Waals surface area contributed by atoms with E-state index in [-0.39, 0.29) is 12.7 Å². The topological polar surface area (TPSA) is 90.7 Å². The molecule has 0 spiro atoms. The van der Waals surface area contributed by atoms with Crippen molar-refractivity contribution in [3.63, 3.8) is 0 Å². The Hall–Kier alpha value is -2.64. The van der Waals surface area contributed by atoms with Crippen LogP contribution >= 0.6 is 11.3 Å². The number of rotatable bonds is 7. The highest BCUT2D eigenvalue weighted by molar-refractivity contribution is 7.17. The Labute approximate surface area is 162 Å². The van der Waals surface area contributed by atoms with Gasteiger partial charge in [-0.25, -0.2) is 0 Å². The van der Waals surface area contributed by atoms with Crippen molar-refractivity contribution in [1.29, 1.82) is 0 Å². The van der Waals surface area contributed by atoms with E-state index in [4.69, 9.17) is 15.2 Å². The molecule has 0 unspecified atom stereocenters. The van der Waals surface area contributed by atoms with E-state index in [0.717, 1.165) is 41.7 Å². The number of ether oxygens (including phenoxy) is 2. The van der Waals surface area contributed by atoms with Gasteiger partial charge in [0, 0.05) is 18.1 Å². The number of carbonyl (C=O) groups is 2. The molecule has 0 saturated heterocycles. The van der Waals surface area contributed by atoms with Crippen LogP contribution in [0.25, 0.3) is 6.08 Å². The summed E-state index contributed by atoms with van der Waals surface area (Å²) in [5.74, 6) is -0.0927. The van der Waals surface area contributed by atoms with Gasteiger partial charge in [-0.3, -0.25) is 9.59 Å². The lowest BCUT2D eigenvalue weighted by Gasteiger charge is -2.11. The van der Waals surface area contributed by atoms with Crippen molar-refractivity contribution >= 4 is 34.2 Å². The molecule has 3 rings (SSSR count). The molecule has 0 aliphatic heterocycles. The number of hydrogen-bond donors (Lipinski definition) is 2. The minimum absolute atomic E-state index is 0.185. The van der Waals surface area contributed by atoms with Crippen molar-refractivity contribution < 1.29 is 19.1 Å². The summed E-state index contributed by atoms with van der Waals surface area (Å²) in [6.07, 6.45) is 7.06. The van der Waals surface area contributed by atoms with E-state index in [1.54, 1.807) is 25.3 Å². The number of amides is 2. The number of fused-ring (bicyclic) bond motifs is 1. The van der Waals surface area contributed by atoms with Crippen molar-refractivity contribution in [2.45, 2.75) is 25.7 Å². The zero-order valence-electron chi connectivity index (χ0n) is 15.1. The van der Waals surface area contributed by atoms with E-state index in [2.05, 4.69) is 5.32 Å². The number of anilines is 1. The van der Waals surface area contributed by atoms with Crippen LogP contribution in [0, 0.1) is 0 Å². The molecule has 7 heteroatoms. The predicted molar refractivity (Wildman–Crippen MR) is 106 cm³/mol.